The van der Waals surface area contributed by atoms with E-state index in [4.69, 9.17) is 4.84 Å². The first kappa shape index (κ1) is 34.9. The molecule has 0 heterocycles. The summed E-state index contributed by atoms with van der Waals surface area (Å²) in [6.45, 7) is 6.51. The average molecular weight is 496 g/mol. The molecule has 0 saturated carbocycles. The van der Waals surface area contributed by atoms with Gasteiger partial charge in [0.25, 0.3) is 0 Å². The van der Waals surface area contributed by atoms with E-state index >= 15 is 0 Å². The van der Waals surface area contributed by atoms with Gasteiger partial charge < -0.3 is 4.84 Å². The lowest BCUT2D eigenvalue weighted by Crippen LogP contribution is -2.16. The van der Waals surface area contributed by atoms with Crippen molar-refractivity contribution in [3.63, 3.8) is 0 Å². The topological polar surface area (TPSA) is 21.3 Å². The maximum atomic E-state index is 5.61. The highest BCUT2D eigenvalue weighted by Gasteiger charge is 1.96. The zero-order chi connectivity index (χ0) is 25.3. The first-order chi connectivity index (χ1) is 17.4. The average Bonchev–Trinajstić information content (AvgIpc) is 2.87. The molecule has 2 heteroatoms. The monoisotopic (exact) mass is 496 g/mol. The highest BCUT2D eigenvalue weighted by atomic mass is 16.6. The molecule has 0 bridgehead atoms. The van der Waals surface area contributed by atoms with Crippen molar-refractivity contribution in [3.05, 3.63) is 0 Å². The fourth-order valence-corrected chi connectivity index (χ4v) is 5.08. The molecule has 0 aromatic rings. The Morgan fingerprint density at radius 3 is 0.886 bits per heavy atom. The van der Waals surface area contributed by atoms with Crippen LogP contribution >= 0.6 is 0 Å². The van der Waals surface area contributed by atoms with Crippen LogP contribution in [0, 0.1) is 0 Å². The van der Waals surface area contributed by atoms with Gasteiger partial charge in [-0.1, -0.05) is 187 Å². The van der Waals surface area contributed by atoms with Gasteiger partial charge in [-0.3, -0.25) is 0 Å². The molecule has 0 aliphatic heterocycles. The fourth-order valence-electron chi connectivity index (χ4n) is 5.08. The van der Waals surface area contributed by atoms with Gasteiger partial charge in [-0.25, -0.2) is 5.48 Å². The molecule has 0 aromatic carbocycles. The van der Waals surface area contributed by atoms with Crippen LogP contribution in [0.3, 0.4) is 0 Å². The maximum Gasteiger partial charge on any atom is 0.0682 e. The van der Waals surface area contributed by atoms with E-state index in [0.29, 0.717) is 0 Å². The Morgan fingerprint density at radius 2 is 0.571 bits per heavy atom. The van der Waals surface area contributed by atoms with Crippen LogP contribution in [0.2, 0.25) is 0 Å². The Morgan fingerprint density at radius 1 is 0.314 bits per heavy atom. The van der Waals surface area contributed by atoms with Gasteiger partial charge in [-0.05, 0) is 12.8 Å². The molecule has 0 spiro atoms. The van der Waals surface area contributed by atoms with Crippen molar-refractivity contribution in [2.45, 2.75) is 200 Å². The molecule has 0 amide bonds. The molecule has 0 aliphatic rings. The number of hydroxylamine groups is 1. The number of nitrogens with one attached hydrogen (secondary N) is 1. The number of hydrogen-bond donors (Lipinski definition) is 1. The quantitative estimate of drug-likeness (QED) is 0.0739. The molecule has 0 radical (unpaired) electrons. The highest BCUT2D eigenvalue weighted by molar-refractivity contribution is 4.51. The molecule has 0 atom stereocenters. The van der Waals surface area contributed by atoms with Crippen LogP contribution in [0.15, 0.2) is 0 Å². The smallest absolute Gasteiger partial charge is 0.0682 e. The molecule has 212 valence electrons. The van der Waals surface area contributed by atoms with Crippen molar-refractivity contribution in [2.75, 3.05) is 13.2 Å². The number of unbranched alkanes of at least 4 members (excludes halogenated alkanes) is 27. The zero-order valence-corrected chi connectivity index (χ0v) is 24.8. The van der Waals surface area contributed by atoms with Crippen LogP contribution in [0.1, 0.15) is 200 Å². The first-order valence-corrected chi connectivity index (χ1v) is 16.8. The van der Waals surface area contributed by atoms with Gasteiger partial charge in [0.2, 0.25) is 0 Å². The largest absolute Gasteiger partial charge is 0.302 e. The molecule has 0 unspecified atom stereocenters. The summed E-state index contributed by atoms with van der Waals surface area (Å²) < 4.78 is 0. The normalized spacial score (nSPS) is 11.5. The third-order valence-electron chi connectivity index (χ3n) is 7.58. The minimum absolute atomic E-state index is 0.886. The zero-order valence-electron chi connectivity index (χ0n) is 24.8. The van der Waals surface area contributed by atoms with E-state index in [-0.39, 0.29) is 0 Å². The van der Waals surface area contributed by atoms with Crippen molar-refractivity contribution < 1.29 is 4.84 Å². The minimum Gasteiger partial charge on any atom is -0.302 e. The van der Waals surface area contributed by atoms with Gasteiger partial charge in [0.15, 0.2) is 0 Å². The molecular weight excluding hydrogens is 426 g/mol. The Kier molecular flexibility index (Phi) is 33.8. The molecule has 35 heavy (non-hydrogen) atoms. The molecular formula is C33H69NO. The Hall–Kier alpha value is -0.0800. The van der Waals surface area contributed by atoms with Crippen LogP contribution in [-0.2, 0) is 4.84 Å². The summed E-state index contributed by atoms with van der Waals surface area (Å²) in [5, 5.41) is 0. The van der Waals surface area contributed by atoms with Crippen LogP contribution in [0.4, 0.5) is 0 Å². The lowest BCUT2D eigenvalue weighted by Gasteiger charge is -2.06. The van der Waals surface area contributed by atoms with Gasteiger partial charge in [0.1, 0.15) is 0 Å². The van der Waals surface area contributed by atoms with E-state index in [2.05, 4.69) is 19.3 Å². The summed E-state index contributed by atoms with van der Waals surface area (Å²) in [5.74, 6) is 0. The van der Waals surface area contributed by atoms with Gasteiger partial charge in [0.05, 0.1) is 6.61 Å². The fraction of sp³-hybridized carbons (Fsp3) is 1.00. The Balaban J connectivity index is 3.00. The predicted octanol–water partition coefficient (Wildman–Crippen LogP) is 11.9. The molecule has 0 saturated heterocycles. The lowest BCUT2D eigenvalue weighted by atomic mass is 10.0. The van der Waals surface area contributed by atoms with E-state index in [1.807, 2.05) is 0 Å². The summed E-state index contributed by atoms with van der Waals surface area (Å²) >= 11 is 0. The molecule has 2 nitrogen and oxygen atoms in total. The molecule has 0 aromatic heterocycles. The number of rotatable bonds is 32. The molecule has 1 N–H and O–H groups in total. The summed E-state index contributed by atoms with van der Waals surface area (Å²) in [5.41, 5.74) is 3.18. The van der Waals surface area contributed by atoms with Crippen LogP contribution in [-0.4, -0.2) is 13.2 Å². The second-order valence-corrected chi connectivity index (χ2v) is 11.3. The predicted molar refractivity (Wildman–Crippen MR) is 159 cm³/mol. The second-order valence-electron chi connectivity index (χ2n) is 11.3. The highest BCUT2D eigenvalue weighted by Crippen LogP contribution is 2.14. The van der Waals surface area contributed by atoms with Crippen molar-refractivity contribution >= 4 is 0 Å². The van der Waals surface area contributed by atoms with Crippen LogP contribution in [0.5, 0.6) is 0 Å². The van der Waals surface area contributed by atoms with E-state index in [1.54, 1.807) is 0 Å². The van der Waals surface area contributed by atoms with E-state index in [0.717, 1.165) is 13.2 Å². The minimum atomic E-state index is 0.886. The lowest BCUT2D eigenvalue weighted by molar-refractivity contribution is 0.0376. The van der Waals surface area contributed by atoms with Gasteiger partial charge >= 0.3 is 0 Å². The van der Waals surface area contributed by atoms with Crippen molar-refractivity contribution in [2.24, 2.45) is 0 Å². The van der Waals surface area contributed by atoms with Crippen molar-refractivity contribution in [1.29, 1.82) is 0 Å². The third kappa shape index (κ3) is 33.9. The first-order valence-electron chi connectivity index (χ1n) is 16.8. The van der Waals surface area contributed by atoms with Crippen molar-refractivity contribution in [1.82, 2.24) is 5.48 Å². The van der Waals surface area contributed by atoms with Crippen LogP contribution in [0.25, 0.3) is 0 Å². The summed E-state index contributed by atoms with van der Waals surface area (Å²) in [6, 6.07) is 0. The summed E-state index contributed by atoms with van der Waals surface area (Å²) in [6.07, 6.45) is 41.2. The molecule has 0 aliphatic carbocycles. The molecule has 0 fully saturated rings. The summed E-state index contributed by atoms with van der Waals surface area (Å²) in [7, 11) is 0. The van der Waals surface area contributed by atoms with Gasteiger partial charge in [-0.2, -0.15) is 0 Å². The van der Waals surface area contributed by atoms with E-state index in [9.17, 15) is 0 Å². The third-order valence-corrected chi connectivity index (χ3v) is 7.58. The maximum absolute atomic E-state index is 5.61. The van der Waals surface area contributed by atoms with Crippen molar-refractivity contribution in [3.8, 4) is 0 Å². The Labute approximate surface area is 223 Å². The summed E-state index contributed by atoms with van der Waals surface area (Å²) in [4.78, 5) is 5.61. The van der Waals surface area contributed by atoms with Gasteiger partial charge in [0, 0.05) is 6.54 Å². The van der Waals surface area contributed by atoms with E-state index < -0.39 is 0 Å². The standard InChI is InChI=1S/C33H69NO/c1-3-5-7-9-11-13-15-17-19-21-23-25-27-29-31-33-35-34-32-30-28-26-24-22-20-18-16-14-12-10-8-6-4-2/h34H,3-33H2,1-2H3. The SMILES string of the molecule is CCCCCCCCCCCCCCCCCONCCCCCCCCCCCCCCCC. The van der Waals surface area contributed by atoms with Gasteiger partial charge in [-0.15, -0.1) is 0 Å². The molecule has 0 rings (SSSR count). The number of hydrogen-bond acceptors (Lipinski definition) is 2. The van der Waals surface area contributed by atoms with E-state index in [1.165, 1.54) is 186 Å². The Bertz CT molecular complexity index is 314. The van der Waals surface area contributed by atoms with Crippen LogP contribution < -0.4 is 5.48 Å². The second kappa shape index (κ2) is 33.9.